The van der Waals surface area contributed by atoms with Crippen molar-refractivity contribution in [2.45, 2.75) is 4.21 Å². The van der Waals surface area contributed by atoms with Crippen LogP contribution in [0.15, 0.2) is 10.3 Å². The summed E-state index contributed by atoms with van der Waals surface area (Å²) in [6, 6.07) is 1.19. The maximum absolute atomic E-state index is 11.1. The molecule has 0 spiro atoms. The van der Waals surface area contributed by atoms with E-state index in [4.69, 9.17) is 22.6 Å². The molecule has 0 bridgehead atoms. The van der Waals surface area contributed by atoms with Gasteiger partial charge >= 0.3 is 0 Å². The van der Waals surface area contributed by atoms with Gasteiger partial charge in [-0.25, -0.2) is 19.4 Å². The summed E-state index contributed by atoms with van der Waals surface area (Å²) >= 11 is 6.25. The number of carbonyl (C=O) groups excluding carboxylic acids is 1. The highest BCUT2D eigenvalue weighted by atomic mass is 35.5. The molecule has 0 aliphatic carbocycles. The first kappa shape index (κ1) is 11.4. The van der Waals surface area contributed by atoms with Crippen LogP contribution in [0, 0.1) is 0 Å². The topological polar surface area (TPSA) is 115 Å². The molecule has 14 heavy (non-hydrogen) atoms. The fourth-order valence-electron chi connectivity index (χ4n) is 0.793. The third-order valence-electron chi connectivity index (χ3n) is 1.30. The Bertz CT molecular complexity index is 467. The molecule has 0 aromatic carbocycles. The van der Waals surface area contributed by atoms with E-state index in [9.17, 15) is 13.2 Å². The highest BCUT2D eigenvalue weighted by Gasteiger charge is 2.22. The fourth-order valence-corrected chi connectivity index (χ4v) is 3.08. The second kappa shape index (κ2) is 3.83. The number of nitrogens with one attached hydrogen (secondary N) is 1. The largest absolute Gasteiger partial charge is 0.290 e. The number of hydrogen-bond donors (Lipinski definition) is 3. The van der Waals surface area contributed by atoms with E-state index in [2.05, 4.69) is 0 Å². The summed E-state index contributed by atoms with van der Waals surface area (Å²) in [6.45, 7) is 0. The van der Waals surface area contributed by atoms with Gasteiger partial charge in [0.25, 0.3) is 5.91 Å². The van der Waals surface area contributed by atoms with Crippen molar-refractivity contribution >= 4 is 38.9 Å². The van der Waals surface area contributed by atoms with E-state index in [1.54, 1.807) is 5.43 Å². The number of sulfonamides is 1. The number of rotatable bonds is 2. The number of amides is 1. The Hall–Kier alpha value is -0.670. The molecule has 0 fully saturated rings. The summed E-state index contributed by atoms with van der Waals surface area (Å²) in [7, 11) is -3.95. The maximum Gasteiger partial charge on any atom is 0.267 e. The normalized spacial score (nSPS) is 11.4. The van der Waals surface area contributed by atoms with Gasteiger partial charge in [0.2, 0.25) is 10.0 Å². The quantitative estimate of drug-likeness (QED) is 0.381. The van der Waals surface area contributed by atoms with Crippen LogP contribution in [0.4, 0.5) is 0 Å². The SMILES string of the molecule is NNC(=O)c1cc(Cl)sc1S(N)(=O)=O. The molecular formula is C5H6ClN3O3S2. The minimum atomic E-state index is -3.95. The van der Waals surface area contributed by atoms with E-state index in [-0.39, 0.29) is 14.1 Å². The average molecular weight is 256 g/mol. The van der Waals surface area contributed by atoms with Gasteiger partial charge in [-0.1, -0.05) is 11.6 Å². The molecule has 1 rings (SSSR count). The summed E-state index contributed by atoms with van der Waals surface area (Å²) in [5.74, 6) is 4.10. The van der Waals surface area contributed by atoms with Crippen molar-refractivity contribution in [1.29, 1.82) is 0 Å². The van der Waals surface area contributed by atoms with Crippen molar-refractivity contribution in [3.05, 3.63) is 16.0 Å². The molecule has 0 radical (unpaired) electrons. The molecule has 1 amide bonds. The third kappa shape index (κ3) is 2.22. The van der Waals surface area contributed by atoms with E-state index < -0.39 is 15.9 Å². The van der Waals surface area contributed by atoms with Gasteiger partial charge < -0.3 is 0 Å². The van der Waals surface area contributed by atoms with Gasteiger partial charge in [0.05, 0.1) is 9.90 Å². The Kier molecular flexibility index (Phi) is 3.12. The van der Waals surface area contributed by atoms with E-state index in [1.165, 1.54) is 6.07 Å². The molecular weight excluding hydrogens is 250 g/mol. The first-order valence-electron chi connectivity index (χ1n) is 3.19. The zero-order chi connectivity index (χ0) is 10.9. The molecule has 0 unspecified atom stereocenters. The second-order valence-electron chi connectivity index (χ2n) is 2.27. The molecule has 1 aromatic heterocycles. The number of primary sulfonamides is 1. The Morgan fingerprint density at radius 2 is 2.14 bits per heavy atom. The van der Waals surface area contributed by atoms with Crippen molar-refractivity contribution < 1.29 is 13.2 Å². The predicted molar refractivity (Wildman–Crippen MR) is 52.4 cm³/mol. The van der Waals surface area contributed by atoms with Crippen molar-refractivity contribution in [3.63, 3.8) is 0 Å². The number of nitrogens with two attached hydrogens (primary N) is 2. The first-order valence-corrected chi connectivity index (χ1v) is 5.93. The molecule has 9 heteroatoms. The molecule has 5 N–H and O–H groups in total. The fraction of sp³-hybridized carbons (Fsp3) is 0. The zero-order valence-electron chi connectivity index (χ0n) is 6.65. The van der Waals surface area contributed by atoms with Crippen molar-refractivity contribution in [2.24, 2.45) is 11.0 Å². The lowest BCUT2D eigenvalue weighted by atomic mass is 10.3. The van der Waals surface area contributed by atoms with Crippen LogP contribution in [0.25, 0.3) is 0 Å². The summed E-state index contributed by atoms with van der Waals surface area (Å²) in [5, 5.41) is 4.87. The van der Waals surface area contributed by atoms with Crippen LogP contribution in [0.5, 0.6) is 0 Å². The summed E-state index contributed by atoms with van der Waals surface area (Å²) in [6.07, 6.45) is 0. The summed E-state index contributed by atoms with van der Waals surface area (Å²) in [4.78, 5) is 11.1. The Labute approximate surface area is 88.9 Å². The lowest BCUT2D eigenvalue weighted by Crippen LogP contribution is -2.31. The predicted octanol–water partition coefficient (Wildman–Crippen LogP) is -0.348. The molecule has 78 valence electrons. The molecule has 0 saturated heterocycles. The monoisotopic (exact) mass is 255 g/mol. The second-order valence-corrected chi connectivity index (χ2v) is 5.71. The summed E-state index contributed by atoms with van der Waals surface area (Å²) in [5.41, 5.74) is 1.65. The van der Waals surface area contributed by atoms with Gasteiger partial charge in [-0.2, -0.15) is 0 Å². The molecule has 0 aliphatic rings. The number of hydrogen-bond acceptors (Lipinski definition) is 5. The van der Waals surface area contributed by atoms with Crippen molar-refractivity contribution in [3.8, 4) is 0 Å². The molecule has 0 atom stereocenters. The number of carbonyl (C=O) groups is 1. The lowest BCUT2D eigenvalue weighted by molar-refractivity contribution is 0.0951. The Balaban J connectivity index is 3.38. The van der Waals surface area contributed by atoms with Crippen LogP contribution in [-0.2, 0) is 10.0 Å². The minimum Gasteiger partial charge on any atom is -0.290 e. The molecule has 0 saturated carbocycles. The number of hydrazine groups is 1. The van der Waals surface area contributed by atoms with E-state index >= 15 is 0 Å². The first-order chi connectivity index (χ1) is 6.36. The van der Waals surface area contributed by atoms with Crippen molar-refractivity contribution in [1.82, 2.24) is 5.43 Å². The Morgan fingerprint density at radius 3 is 2.57 bits per heavy atom. The average Bonchev–Trinajstić information content (AvgIpc) is 2.45. The highest BCUT2D eigenvalue weighted by Crippen LogP contribution is 2.29. The zero-order valence-corrected chi connectivity index (χ0v) is 9.04. The van der Waals surface area contributed by atoms with Gasteiger partial charge in [0.1, 0.15) is 4.21 Å². The molecule has 1 aromatic rings. The summed E-state index contributed by atoms with van der Waals surface area (Å²) < 4.78 is 21.8. The van der Waals surface area contributed by atoms with Crippen molar-refractivity contribution in [2.75, 3.05) is 0 Å². The van der Waals surface area contributed by atoms with Crippen LogP contribution in [-0.4, -0.2) is 14.3 Å². The van der Waals surface area contributed by atoms with E-state index in [0.717, 1.165) is 0 Å². The number of thiophene rings is 1. The minimum absolute atomic E-state index is 0.146. The van der Waals surface area contributed by atoms with Crippen LogP contribution < -0.4 is 16.4 Å². The highest BCUT2D eigenvalue weighted by molar-refractivity contribution is 7.91. The number of halogens is 1. The smallest absolute Gasteiger partial charge is 0.267 e. The Morgan fingerprint density at radius 1 is 1.57 bits per heavy atom. The maximum atomic E-state index is 11.1. The number of nitrogen functional groups attached to an aromatic ring is 1. The molecule has 6 nitrogen and oxygen atoms in total. The van der Waals surface area contributed by atoms with E-state index in [1.807, 2.05) is 0 Å². The molecule has 0 aliphatic heterocycles. The van der Waals surface area contributed by atoms with Crippen LogP contribution in [0.1, 0.15) is 10.4 Å². The van der Waals surface area contributed by atoms with Crippen LogP contribution >= 0.6 is 22.9 Å². The van der Waals surface area contributed by atoms with Gasteiger partial charge in [0.15, 0.2) is 0 Å². The third-order valence-corrected chi connectivity index (χ3v) is 4.04. The van der Waals surface area contributed by atoms with Gasteiger partial charge in [-0.05, 0) is 6.07 Å². The van der Waals surface area contributed by atoms with E-state index in [0.29, 0.717) is 11.3 Å². The van der Waals surface area contributed by atoms with Crippen LogP contribution in [0.2, 0.25) is 4.34 Å². The van der Waals surface area contributed by atoms with Gasteiger partial charge in [-0.3, -0.25) is 10.2 Å². The lowest BCUT2D eigenvalue weighted by Gasteiger charge is -1.98. The van der Waals surface area contributed by atoms with Crippen LogP contribution in [0.3, 0.4) is 0 Å². The van der Waals surface area contributed by atoms with Gasteiger partial charge in [-0.15, -0.1) is 11.3 Å². The standard InChI is InChI=1S/C5H6ClN3O3S2/c6-3-1-2(4(10)9-7)5(13-3)14(8,11)12/h1H,7H2,(H,9,10)(H2,8,11,12). The molecule has 1 heterocycles. The van der Waals surface area contributed by atoms with Gasteiger partial charge in [0, 0.05) is 0 Å².